The van der Waals surface area contributed by atoms with Crippen LogP contribution in [-0.2, 0) is 29.2 Å². The van der Waals surface area contributed by atoms with Gasteiger partial charge in [0, 0.05) is 37.7 Å². The number of fused-ring (bicyclic) bond motifs is 2. The molecule has 0 radical (unpaired) electrons. The largest absolute Gasteiger partial charge is 0.489 e. The van der Waals surface area contributed by atoms with Gasteiger partial charge in [0.15, 0.2) is 0 Å². The Bertz CT molecular complexity index is 1120. The van der Waals surface area contributed by atoms with Gasteiger partial charge in [-0.1, -0.05) is 24.3 Å². The summed E-state index contributed by atoms with van der Waals surface area (Å²) in [6.45, 7) is 2.31. The van der Waals surface area contributed by atoms with E-state index in [1.807, 2.05) is 18.2 Å². The van der Waals surface area contributed by atoms with Crippen molar-refractivity contribution in [2.24, 2.45) is 0 Å². The van der Waals surface area contributed by atoms with E-state index >= 15 is 0 Å². The van der Waals surface area contributed by atoms with Gasteiger partial charge in [0.25, 0.3) is 5.91 Å². The van der Waals surface area contributed by atoms with Crippen LogP contribution in [0, 0.1) is 0 Å². The second-order valence-electron chi connectivity index (χ2n) is 9.55. The summed E-state index contributed by atoms with van der Waals surface area (Å²) >= 11 is 0. The van der Waals surface area contributed by atoms with Gasteiger partial charge in [0.1, 0.15) is 17.9 Å². The molecule has 1 aliphatic carbocycles. The molecule has 2 aromatic rings. The average Bonchev–Trinajstić information content (AvgIpc) is 3.51. The number of nitrogens with zero attached hydrogens (tertiary/aromatic N) is 2. The van der Waals surface area contributed by atoms with Crippen molar-refractivity contribution in [1.29, 1.82) is 0 Å². The maximum atomic E-state index is 12.9. The molecule has 3 amide bonds. The van der Waals surface area contributed by atoms with Crippen molar-refractivity contribution in [2.75, 3.05) is 0 Å². The van der Waals surface area contributed by atoms with Crippen LogP contribution in [0.3, 0.4) is 0 Å². The van der Waals surface area contributed by atoms with Crippen molar-refractivity contribution in [3.8, 4) is 5.75 Å². The molecule has 0 bridgehead atoms. The average molecular weight is 446 g/mol. The first-order chi connectivity index (χ1) is 16.1. The van der Waals surface area contributed by atoms with Gasteiger partial charge in [-0.15, -0.1) is 0 Å². The normalized spacial score (nSPS) is 27.0. The minimum absolute atomic E-state index is 0.126. The van der Waals surface area contributed by atoms with Crippen molar-refractivity contribution in [3.05, 3.63) is 64.7 Å². The fourth-order valence-corrected chi connectivity index (χ4v) is 5.85. The molecule has 7 nitrogen and oxygen atoms in total. The summed E-state index contributed by atoms with van der Waals surface area (Å²) in [5.74, 6) is -0.0347. The summed E-state index contributed by atoms with van der Waals surface area (Å²) in [4.78, 5) is 40.8. The standard InChI is InChI=1S/C26H27N3O4/c30-24-11-10-22(25(31)27-24)29-15-18-12-19(8-9-20(18)26(29)32)33-23-7-3-6-21(23)28-13-16-4-1-2-5-17(16)14-28/h1-2,4-5,8-9,12,21-23H,3,6-7,10-11,13-15H2,(H,27,30,31)/t21-,22?,23+/m1/s1. The summed E-state index contributed by atoms with van der Waals surface area (Å²) in [5.41, 5.74) is 4.32. The van der Waals surface area contributed by atoms with E-state index in [0.29, 0.717) is 24.6 Å². The Morgan fingerprint density at radius 1 is 0.879 bits per heavy atom. The van der Waals surface area contributed by atoms with Crippen LogP contribution in [0.1, 0.15) is 59.2 Å². The van der Waals surface area contributed by atoms with Crippen LogP contribution in [0.5, 0.6) is 5.75 Å². The highest BCUT2D eigenvalue weighted by Gasteiger charge is 2.40. The topological polar surface area (TPSA) is 79.0 Å². The molecule has 33 heavy (non-hydrogen) atoms. The van der Waals surface area contributed by atoms with Crippen molar-refractivity contribution >= 4 is 17.7 Å². The SMILES string of the molecule is O=C1CCC(N2Cc3cc(O[C@H]4CCC[C@H]4N4Cc5ccccc5C4)ccc3C2=O)C(=O)N1. The van der Waals surface area contributed by atoms with Gasteiger partial charge < -0.3 is 9.64 Å². The number of ether oxygens (including phenoxy) is 1. The first-order valence-corrected chi connectivity index (χ1v) is 11.8. The molecule has 3 heterocycles. The van der Waals surface area contributed by atoms with Gasteiger partial charge in [0.05, 0.1) is 0 Å². The Kier molecular flexibility index (Phi) is 4.94. The van der Waals surface area contributed by atoms with Crippen molar-refractivity contribution in [1.82, 2.24) is 15.1 Å². The van der Waals surface area contributed by atoms with Crippen LogP contribution in [-0.4, -0.2) is 45.7 Å². The second-order valence-corrected chi connectivity index (χ2v) is 9.55. The molecule has 7 heteroatoms. The molecular formula is C26H27N3O4. The summed E-state index contributed by atoms with van der Waals surface area (Å²) in [7, 11) is 0. The highest BCUT2D eigenvalue weighted by molar-refractivity contribution is 6.05. The van der Waals surface area contributed by atoms with E-state index in [2.05, 4.69) is 34.5 Å². The number of hydrogen-bond acceptors (Lipinski definition) is 5. The predicted molar refractivity (Wildman–Crippen MR) is 120 cm³/mol. The predicted octanol–water partition coefficient (Wildman–Crippen LogP) is 2.76. The molecule has 6 rings (SSSR count). The zero-order valence-corrected chi connectivity index (χ0v) is 18.5. The van der Waals surface area contributed by atoms with Crippen molar-refractivity contribution in [3.63, 3.8) is 0 Å². The molecule has 1 saturated heterocycles. The number of nitrogens with one attached hydrogen (secondary N) is 1. The van der Waals surface area contributed by atoms with Crippen molar-refractivity contribution in [2.45, 2.75) is 69.9 Å². The van der Waals surface area contributed by atoms with Crippen LogP contribution in [0.4, 0.5) is 0 Å². The molecule has 3 atom stereocenters. The molecule has 4 aliphatic rings. The lowest BCUT2D eigenvalue weighted by Crippen LogP contribution is -2.52. The van der Waals surface area contributed by atoms with Crippen LogP contribution in [0.15, 0.2) is 42.5 Å². The smallest absolute Gasteiger partial charge is 0.255 e. The molecule has 3 aliphatic heterocycles. The van der Waals surface area contributed by atoms with E-state index in [1.165, 1.54) is 11.1 Å². The Morgan fingerprint density at radius 2 is 1.67 bits per heavy atom. The van der Waals surface area contributed by atoms with Crippen molar-refractivity contribution < 1.29 is 19.1 Å². The van der Waals surface area contributed by atoms with Crippen LogP contribution in [0.25, 0.3) is 0 Å². The lowest BCUT2D eigenvalue weighted by molar-refractivity contribution is -0.136. The maximum absolute atomic E-state index is 12.9. The van der Waals surface area contributed by atoms with E-state index < -0.39 is 6.04 Å². The zero-order chi connectivity index (χ0) is 22.5. The number of piperidine rings is 1. The number of imide groups is 1. The van der Waals surface area contributed by atoms with E-state index in [0.717, 1.165) is 43.7 Å². The third-order valence-electron chi connectivity index (χ3n) is 7.53. The number of amides is 3. The molecule has 1 N–H and O–H groups in total. The van der Waals surface area contributed by atoms with Gasteiger partial charge in [-0.25, -0.2) is 0 Å². The maximum Gasteiger partial charge on any atom is 0.255 e. The van der Waals surface area contributed by atoms with E-state index in [9.17, 15) is 14.4 Å². The molecule has 1 unspecified atom stereocenters. The Balaban J connectivity index is 1.16. The Hall–Kier alpha value is -3.19. The fraction of sp³-hybridized carbons (Fsp3) is 0.423. The molecule has 170 valence electrons. The number of benzene rings is 2. The minimum Gasteiger partial charge on any atom is -0.489 e. The molecule has 0 spiro atoms. The molecule has 0 aromatic heterocycles. The van der Waals surface area contributed by atoms with Crippen LogP contribution in [0.2, 0.25) is 0 Å². The van der Waals surface area contributed by atoms with Gasteiger partial charge in [0.2, 0.25) is 11.8 Å². The Morgan fingerprint density at radius 3 is 2.42 bits per heavy atom. The quantitative estimate of drug-likeness (QED) is 0.733. The summed E-state index contributed by atoms with van der Waals surface area (Å²) in [6.07, 6.45) is 4.06. The number of carbonyl (C=O) groups is 3. The first-order valence-electron chi connectivity index (χ1n) is 11.8. The molecule has 2 fully saturated rings. The van der Waals surface area contributed by atoms with Gasteiger partial charge in [-0.3, -0.25) is 24.6 Å². The van der Waals surface area contributed by atoms with Gasteiger partial charge in [-0.05, 0) is 60.6 Å². The van der Waals surface area contributed by atoms with E-state index in [4.69, 9.17) is 4.74 Å². The lowest BCUT2D eigenvalue weighted by atomic mass is 10.0. The summed E-state index contributed by atoms with van der Waals surface area (Å²) in [6, 6.07) is 14.1. The summed E-state index contributed by atoms with van der Waals surface area (Å²) < 4.78 is 6.48. The van der Waals surface area contributed by atoms with E-state index in [1.54, 1.807) is 4.90 Å². The first kappa shape index (κ1) is 20.4. The summed E-state index contributed by atoms with van der Waals surface area (Å²) in [5, 5.41) is 2.35. The van der Waals surface area contributed by atoms with Gasteiger partial charge in [-0.2, -0.15) is 0 Å². The zero-order valence-electron chi connectivity index (χ0n) is 18.5. The second kappa shape index (κ2) is 7.99. The Labute approximate surface area is 192 Å². The number of rotatable bonds is 4. The van der Waals surface area contributed by atoms with Crippen LogP contribution < -0.4 is 10.1 Å². The van der Waals surface area contributed by atoms with Crippen LogP contribution >= 0.6 is 0 Å². The van der Waals surface area contributed by atoms with Gasteiger partial charge >= 0.3 is 0 Å². The number of hydrogen-bond donors (Lipinski definition) is 1. The highest BCUT2D eigenvalue weighted by Crippen LogP contribution is 2.35. The third kappa shape index (κ3) is 3.60. The highest BCUT2D eigenvalue weighted by atomic mass is 16.5. The minimum atomic E-state index is -0.594. The number of carbonyl (C=O) groups excluding carboxylic acids is 3. The molecule has 1 saturated carbocycles. The molecular weight excluding hydrogens is 418 g/mol. The van der Waals surface area contributed by atoms with E-state index in [-0.39, 0.29) is 30.2 Å². The third-order valence-corrected chi connectivity index (χ3v) is 7.53. The lowest BCUT2D eigenvalue weighted by Gasteiger charge is -2.29. The fourth-order valence-electron chi connectivity index (χ4n) is 5.85. The monoisotopic (exact) mass is 445 g/mol. The molecule has 2 aromatic carbocycles.